The molecule has 112 valence electrons. The number of aliphatic hydroxyl groups excluding tert-OH is 1. The van der Waals surface area contributed by atoms with Gasteiger partial charge in [-0.1, -0.05) is 19.3 Å². The fourth-order valence-corrected chi connectivity index (χ4v) is 5.13. The van der Waals surface area contributed by atoms with E-state index in [-0.39, 0.29) is 12.4 Å². The first-order chi connectivity index (χ1) is 9.08. The molecule has 0 amide bonds. The lowest BCUT2D eigenvalue weighted by molar-refractivity contribution is 0.102. The Labute approximate surface area is 117 Å². The van der Waals surface area contributed by atoms with Crippen LogP contribution in [-0.4, -0.2) is 43.3 Å². The van der Waals surface area contributed by atoms with Crippen molar-refractivity contribution < 1.29 is 13.5 Å². The number of nitrogens with zero attached hydrogens (tertiary/aromatic N) is 1. The Hall–Kier alpha value is -0.130. The summed E-state index contributed by atoms with van der Waals surface area (Å²) in [5.41, 5.74) is 0.454. The summed E-state index contributed by atoms with van der Waals surface area (Å²) in [5, 5.41) is 8.73. The lowest BCUT2D eigenvalue weighted by Crippen LogP contribution is -2.44. The third kappa shape index (κ3) is 3.92. The van der Waals surface area contributed by atoms with Gasteiger partial charge in [-0.05, 0) is 43.9 Å². The van der Waals surface area contributed by atoms with Gasteiger partial charge in [0.25, 0.3) is 0 Å². The minimum Gasteiger partial charge on any atom is -0.396 e. The van der Waals surface area contributed by atoms with Crippen molar-refractivity contribution >= 4 is 10.0 Å². The molecule has 4 nitrogen and oxygen atoms in total. The molecule has 0 aromatic carbocycles. The van der Waals surface area contributed by atoms with Crippen molar-refractivity contribution in [1.29, 1.82) is 0 Å². The van der Waals surface area contributed by atoms with Gasteiger partial charge in [-0.3, -0.25) is 0 Å². The largest absolute Gasteiger partial charge is 0.396 e. The van der Waals surface area contributed by atoms with Crippen LogP contribution in [0.5, 0.6) is 0 Å². The van der Waals surface area contributed by atoms with E-state index in [1.165, 1.54) is 32.1 Å². The molecule has 1 spiro atoms. The maximum Gasteiger partial charge on any atom is 0.214 e. The number of sulfonamides is 1. The highest BCUT2D eigenvalue weighted by Gasteiger charge is 2.38. The lowest BCUT2D eigenvalue weighted by Gasteiger charge is -2.43. The molecule has 1 aliphatic heterocycles. The monoisotopic (exact) mass is 289 g/mol. The number of piperidine rings is 1. The van der Waals surface area contributed by atoms with Crippen molar-refractivity contribution in [1.82, 2.24) is 4.31 Å². The quantitative estimate of drug-likeness (QED) is 0.789. The summed E-state index contributed by atoms with van der Waals surface area (Å²) in [7, 11) is -3.09. The molecule has 2 aliphatic rings. The van der Waals surface area contributed by atoms with Gasteiger partial charge in [0.2, 0.25) is 10.0 Å². The van der Waals surface area contributed by atoms with E-state index < -0.39 is 10.0 Å². The number of rotatable bonds is 5. The van der Waals surface area contributed by atoms with Gasteiger partial charge in [0, 0.05) is 19.7 Å². The van der Waals surface area contributed by atoms with Crippen molar-refractivity contribution in [3.8, 4) is 0 Å². The number of unbranched alkanes of at least 4 members (excludes halogenated alkanes) is 1. The van der Waals surface area contributed by atoms with E-state index in [4.69, 9.17) is 5.11 Å². The molecule has 1 heterocycles. The Morgan fingerprint density at radius 3 is 2.16 bits per heavy atom. The number of hydrogen-bond donors (Lipinski definition) is 1. The fourth-order valence-electron chi connectivity index (χ4n) is 3.57. The molecule has 1 N–H and O–H groups in total. The first-order valence-corrected chi connectivity index (χ1v) is 9.28. The minimum absolute atomic E-state index is 0.0820. The molecule has 1 saturated carbocycles. The maximum absolute atomic E-state index is 12.2. The van der Waals surface area contributed by atoms with Crippen molar-refractivity contribution in [3.05, 3.63) is 0 Å². The highest BCUT2D eigenvalue weighted by atomic mass is 32.2. The highest BCUT2D eigenvalue weighted by Crippen LogP contribution is 2.44. The smallest absolute Gasteiger partial charge is 0.214 e. The molecule has 0 radical (unpaired) electrons. The van der Waals surface area contributed by atoms with Crippen LogP contribution in [0.4, 0.5) is 0 Å². The number of aliphatic hydroxyl groups is 1. The van der Waals surface area contributed by atoms with E-state index in [0.29, 0.717) is 31.3 Å². The zero-order chi connectivity index (χ0) is 13.8. The Balaban J connectivity index is 1.84. The molecule has 0 unspecified atom stereocenters. The minimum atomic E-state index is -3.09. The van der Waals surface area contributed by atoms with Gasteiger partial charge in [0.15, 0.2) is 0 Å². The third-order valence-electron chi connectivity index (χ3n) is 4.90. The van der Waals surface area contributed by atoms with Gasteiger partial charge in [0.1, 0.15) is 0 Å². The second-order valence-electron chi connectivity index (χ2n) is 6.21. The topological polar surface area (TPSA) is 57.6 Å². The van der Waals surface area contributed by atoms with Gasteiger partial charge in [0.05, 0.1) is 5.75 Å². The SMILES string of the molecule is O=S(=O)(CCCCO)N1CCC2(CCCCC2)CC1. The van der Waals surface area contributed by atoms with Crippen LogP contribution < -0.4 is 0 Å². The van der Waals surface area contributed by atoms with Crippen LogP contribution in [0.15, 0.2) is 0 Å². The second kappa shape index (κ2) is 6.55. The molecule has 0 aromatic rings. The van der Waals surface area contributed by atoms with Crippen molar-refractivity contribution in [2.75, 3.05) is 25.4 Å². The Bertz CT molecular complexity index is 364. The van der Waals surface area contributed by atoms with Crippen molar-refractivity contribution in [2.24, 2.45) is 5.41 Å². The van der Waals surface area contributed by atoms with Crippen LogP contribution in [0, 0.1) is 5.41 Å². The molecule has 2 fully saturated rings. The van der Waals surface area contributed by atoms with E-state index in [2.05, 4.69) is 0 Å². The van der Waals surface area contributed by atoms with Crippen molar-refractivity contribution in [2.45, 2.75) is 57.8 Å². The molecular formula is C14H27NO3S. The molecule has 19 heavy (non-hydrogen) atoms. The van der Waals surface area contributed by atoms with Crippen LogP contribution >= 0.6 is 0 Å². The molecule has 0 aromatic heterocycles. The van der Waals surface area contributed by atoms with Gasteiger partial charge in [-0.15, -0.1) is 0 Å². The van der Waals surface area contributed by atoms with E-state index in [1.807, 2.05) is 0 Å². The maximum atomic E-state index is 12.2. The van der Waals surface area contributed by atoms with Gasteiger partial charge < -0.3 is 5.11 Å². The summed E-state index contributed by atoms with van der Waals surface area (Å²) >= 11 is 0. The first kappa shape index (κ1) is 15.3. The zero-order valence-electron chi connectivity index (χ0n) is 11.8. The lowest BCUT2D eigenvalue weighted by atomic mass is 9.68. The van der Waals surface area contributed by atoms with E-state index in [0.717, 1.165) is 12.8 Å². The van der Waals surface area contributed by atoms with Crippen LogP contribution in [-0.2, 0) is 10.0 Å². The normalized spacial score (nSPS) is 24.7. The Morgan fingerprint density at radius 2 is 1.58 bits per heavy atom. The molecule has 5 heteroatoms. The van der Waals surface area contributed by atoms with Crippen molar-refractivity contribution in [3.63, 3.8) is 0 Å². The number of hydrogen-bond acceptors (Lipinski definition) is 3. The Morgan fingerprint density at radius 1 is 0.947 bits per heavy atom. The van der Waals surface area contributed by atoms with E-state index in [9.17, 15) is 8.42 Å². The first-order valence-electron chi connectivity index (χ1n) is 7.67. The van der Waals surface area contributed by atoms with E-state index >= 15 is 0 Å². The summed E-state index contributed by atoms with van der Waals surface area (Å²) < 4.78 is 26.0. The standard InChI is InChI=1S/C14H27NO3S/c16-12-4-5-13-19(17,18)15-10-8-14(9-11-15)6-2-1-3-7-14/h16H,1-13H2. The Kier molecular flexibility index (Phi) is 5.26. The molecule has 1 saturated heterocycles. The van der Waals surface area contributed by atoms with Crippen LogP contribution in [0.1, 0.15) is 57.8 Å². The molecular weight excluding hydrogens is 262 g/mol. The fraction of sp³-hybridized carbons (Fsp3) is 1.00. The zero-order valence-corrected chi connectivity index (χ0v) is 12.6. The average molecular weight is 289 g/mol. The highest BCUT2D eigenvalue weighted by molar-refractivity contribution is 7.89. The van der Waals surface area contributed by atoms with Crippen LogP contribution in [0.2, 0.25) is 0 Å². The summed E-state index contributed by atoms with van der Waals surface area (Å²) in [4.78, 5) is 0. The molecule has 2 rings (SSSR count). The van der Waals surface area contributed by atoms with Crippen LogP contribution in [0.25, 0.3) is 0 Å². The summed E-state index contributed by atoms with van der Waals surface area (Å²) in [6.45, 7) is 1.50. The van der Waals surface area contributed by atoms with E-state index in [1.54, 1.807) is 4.31 Å². The second-order valence-corrected chi connectivity index (χ2v) is 8.29. The predicted molar refractivity (Wildman–Crippen MR) is 76.4 cm³/mol. The summed E-state index contributed by atoms with van der Waals surface area (Å²) in [6, 6.07) is 0. The molecule has 0 bridgehead atoms. The van der Waals surface area contributed by atoms with Gasteiger partial charge in [-0.2, -0.15) is 0 Å². The molecule has 1 aliphatic carbocycles. The predicted octanol–water partition coefficient (Wildman–Crippen LogP) is 2.13. The van der Waals surface area contributed by atoms with Gasteiger partial charge >= 0.3 is 0 Å². The summed E-state index contributed by atoms with van der Waals surface area (Å²) in [6.07, 6.45) is 9.84. The summed E-state index contributed by atoms with van der Waals surface area (Å²) in [5.74, 6) is 0.195. The molecule has 0 atom stereocenters. The van der Waals surface area contributed by atoms with Gasteiger partial charge in [-0.25, -0.2) is 12.7 Å². The third-order valence-corrected chi connectivity index (χ3v) is 6.86. The average Bonchev–Trinajstić information content (AvgIpc) is 2.40. The van der Waals surface area contributed by atoms with Crippen LogP contribution in [0.3, 0.4) is 0 Å².